The Balaban J connectivity index is 1.63. The number of alkyl halides is 3. The third kappa shape index (κ3) is 6.17. The Hall–Kier alpha value is -1.64. The average Bonchev–Trinajstić information content (AvgIpc) is 2.72. The number of halogens is 3. The number of nitrogens with zero attached hydrogens (tertiary/aromatic N) is 2. The van der Waals surface area contributed by atoms with Crippen LogP contribution in [0.25, 0.3) is 0 Å². The zero-order valence-corrected chi connectivity index (χ0v) is 16.8. The fourth-order valence-electron chi connectivity index (χ4n) is 4.37. The Morgan fingerprint density at radius 2 is 1.86 bits per heavy atom. The molecule has 2 aliphatic heterocycles. The number of likely N-dealkylation sites (tertiary alicyclic amines) is 1. The minimum absolute atomic E-state index is 0.203. The number of rotatable bonds is 6. The van der Waals surface area contributed by atoms with E-state index in [1.54, 1.807) is 12.1 Å². The van der Waals surface area contributed by atoms with Crippen molar-refractivity contribution in [2.45, 2.75) is 38.0 Å². The van der Waals surface area contributed by atoms with E-state index >= 15 is 0 Å². The topological polar surface area (TPSA) is 42.0 Å². The summed E-state index contributed by atoms with van der Waals surface area (Å²) in [5.74, 6) is 0.112. The Morgan fingerprint density at radius 3 is 2.48 bits per heavy atom. The largest absolute Gasteiger partial charge is 0.469 e. The third-order valence-corrected chi connectivity index (χ3v) is 5.93. The maximum Gasteiger partial charge on any atom is 0.416 e. The number of carbonyl (C=O) groups excluding carboxylic acids is 1. The summed E-state index contributed by atoms with van der Waals surface area (Å²) in [7, 11) is 1.40. The molecule has 0 spiro atoms. The van der Waals surface area contributed by atoms with Crippen molar-refractivity contribution in [3.63, 3.8) is 0 Å². The van der Waals surface area contributed by atoms with Crippen LogP contribution >= 0.6 is 0 Å². The number of piperidine rings is 1. The predicted molar refractivity (Wildman–Crippen MR) is 102 cm³/mol. The van der Waals surface area contributed by atoms with Crippen LogP contribution < -0.4 is 0 Å². The second kappa shape index (κ2) is 9.91. The number of morpholine rings is 1. The van der Waals surface area contributed by atoms with Crippen LogP contribution in [-0.2, 0) is 27.0 Å². The highest BCUT2D eigenvalue weighted by atomic mass is 19.4. The lowest BCUT2D eigenvalue weighted by atomic mass is 9.86. The van der Waals surface area contributed by atoms with E-state index in [2.05, 4.69) is 9.80 Å². The number of hydrogen-bond acceptors (Lipinski definition) is 5. The lowest BCUT2D eigenvalue weighted by Crippen LogP contribution is -2.53. The standard InChI is InChI=1S/C21H29F3N2O3/c1-28-20(27)7-4-17-15-25(9-8-19(17)26-10-12-29-13-11-26)14-16-2-5-18(6-3-16)21(22,23)24/h2-3,5-6,17,19H,4,7-15H2,1H3/t17-,19+/m0/s1. The van der Waals surface area contributed by atoms with E-state index < -0.39 is 11.7 Å². The monoisotopic (exact) mass is 414 g/mol. The minimum Gasteiger partial charge on any atom is -0.469 e. The summed E-state index contributed by atoms with van der Waals surface area (Å²) in [5, 5.41) is 0. The van der Waals surface area contributed by atoms with E-state index in [0.29, 0.717) is 24.9 Å². The summed E-state index contributed by atoms with van der Waals surface area (Å²) >= 11 is 0. The summed E-state index contributed by atoms with van der Waals surface area (Å²) in [6.07, 6.45) is -2.20. The van der Waals surface area contributed by atoms with Gasteiger partial charge in [0.1, 0.15) is 0 Å². The molecule has 0 aliphatic carbocycles. The molecule has 162 valence electrons. The molecular formula is C21H29F3N2O3. The van der Waals surface area contributed by atoms with Crippen molar-refractivity contribution in [2.24, 2.45) is 5.92 Å². The highest BCUT2D eigenvalue weighted by Gasteiger charge is 2.34. The van der Waals surface area contributed by atoms with Gasteiger partial charge in [-0.2, -0.15) is 13.2 Å². The van der Waals surface area contributed by atoms with Gasteiger partial charge in [-0.1, -0.05) is 12.1 Å². The van der Waals surface area contributed by atoms with Gasteiger partial charge in [0.2, 0.25) is 0 Å². The predicted octanol–water partition coefficient (Wildman–Crippen LogP) is 3.18. The number of ether oxygens (including phenoxy) is 2. The van der Waals surface area contributed by atoms with Crippen LogP contribution in [0.2, 0.25) is 0 Å². The Kier molecular flexibility index (Phi) is 7.54. The number of esters is 1. The van der Waals surface area contributed by atoms with Crippen LogP contribution in [0, 0.1) is 5.92 Å². The highest BCUT2D eigenvalue weighted by molar-refractivity contribution is 5.69. The molecule has 1 aromatic carbocycles. The summed E-state index contributed by atoms with van der Waals surface area (Å²) < 4.78 is 48.6. The van der Waals surface area contributed by atoms with Gasteiger partial charge in [-0.25, -0.2) is 0 Å². The van der Waals surface area contributed by atoms with Crippen molar-refractivity contribution in [2.75, 3.05) is 46.5 Å². The zero-order valence-electron chi connectivity index (χ0n) is 16.8. The van der Waals surface area contributed by atoms with E-state index in [4.69, 9.17) is 9.47 Å². The molecule has 0 amide bonds. The van der Waals surface area contributed by atoms with Gasteiger partial charge < -0.3 is 9.47 Å². The first-order chi connectivity index (χ1) is 13.9. The summed E-state index contributed by atoms with van der Waals surface area (Å²) in [4.78, 5) is 16.4. The van der Waals surface area contributed by atoms with Crippen LogP contribution in [0.4, 0.5) is 13.2 Å². The second-order valence-electron chi connectivity index (χ2n) is 7.81. The first-order valence-electron chi connectivity index (χ1n) is 10.1. The quantitative estimate of drug-likeness (QED) is 0.669. The van der Waals surface area contributed by atoms with E-state index in [1.165, 1.54) is 7.11 Å². The molecular weight excluding hydrogens is 385 g/mol. The van der Waals surface area contributed by atoms with Crippen molar-refractivity contribution in [1.82, 2.24) is 9.80 Å². The number of carbonyl (C=O) groups is 1. The molecule has 2 aliphatic rings. The van der Waals surface area contributed by atoms with Crippen molar-refractivity contribution in [3.8, 4) is 0 Å². The van der Waals surface area contributed by atoms with Crippen LogP contribution in [-0.4, -0.2) is 68.3 Å². The average molecular weight is 414 g/mol. The fourth-order valence-corrected chi connectivity index (χ4v) is 4.37. The van der Waals surface area contributed by atoms with Crippen LogP contribution in [0.5, 0.6) is 0 Å². The van der Waals surface area contributed by atoms with Crippen LogP contribution in [0.15, 0.2) is 24.3 Å². The first kappa shape index (κ1) is 22.1. The summed E-state index contributed by atoms with van der Waals surface area (Å²) in [6.45, 7) is 5.59. The molecule has 5 nitrogen and oxygen atoms in total. The van der Waals surface area contributed by atoms with Gasteiger partial charge in [0, 0.05) is 38.6 Å². The van der Waals surface area contributed by atoms with E-state index in [-0.39, 0.29) is 5.97 Å². The maximum absolute atomic E-state index is 12.8. The van der Waals surface area contributed by atoms with Crippen molar-refractivity contribution in [3.05, 3.63) is 35.4 Å². The fraction of sp³-hybridized carbons (Fsp3) is 0.667. The van der Waals surface area contributed by atoms with Gasteiger partial charge in [0.05, 0.1) is 25.9 Å². The molecule has 0 bridgehead atoms. The molecule has 8 heteroatoms. The number of benzene rings is 1. The lowest BCUT2D eigenvalue weighted by molar-refractivity contribution is -0.141. The molecule has 29 heavy (non-hydrogen) atoms. The first-order valence-corrected chi connectivity index (χ1v) is 10.1. The summed E-state index contributed by atoms with van der Waals surface area (Å²) in [6, 6.07) is 5.79. The minimum atomic E-state index is -4.31. The highest BCUT2D eigenvalue weighted by Crippen LogP contribution is 2.30. The Bertz CT molecular complexity index is 660. The molecule has 2 saturated heterocycles. The molecule has 0 N–H and O–H groups in total. The van der Waals surface area contributed by atoms with Gasteiger partial charge in [-0.15, -0.1) is 0 Å². The Labute approximate surface area is 169 Å². The molecule has 0 saturated carbocycles. The molecule has 3 rings (SSSR count). The SMILES string of the molecule is COC(=O)CC[C@H]1CN(Cc2ccc(C(F)(F)F)cc2)CC[C@H]1N1CCOCC1. The third-order valence-electron chi connectivity index (χ3n) is 5.93. The smallest absolute Gasteiger partial charge is 0.416 e. The Morgan fingerprint density at radius 1 is 1.17 bits per heavy atom. The molecule has 1 aromatic rings. The van der Waals surface area contributed by atoms with Crippen molar-refractivity contribution >= 4 is 5.97 Å². The molecule has 2 atom stereocenters. The summed E-state index contributed by atoms with van der Waals surface area (Å²) in [5.41, 5.74) is 0.248. The lowest BCUT2D eigenvalue weighted by Gasteiger charge is -2.45. The van der Waals surface area contributed by atoms with Gasteiger partial charge >= 0.3 is 12.1 Å². The van der Waals surface area contributed by atoms with Gasteiger partial charge in [-0.3, -0.25) is 14.6 Å². The number of hydrogen-bond donors (Lipinski definition) is 0. The zero-order chi connectivity index (χ0) is 20.9. The van der Waals surface area contributed by atoms with E-state index in [1.807, 2.05) is 0 Å². The maximum atomic E-state index is 12.8. The van der Waals surface area contributed by atoms with Crippen molar-refractivity contribution in [1.29, 1.82) is 0 Å². The second-order valence-corrected chi connectivity index (χ2v) is 7.81. The van der Waals surface area contributed by atoms with E-state index in [9.17, 15) is 18.0 Å². The van der Waals surface area contributed by atoms with Gasteiger partial charge in [-0.05, 0) is 43.0 Å². The molecule has 0 aromatic heterocycles. The molecule has 0 radical (unpaired) electrons. The van der Waals surface area contributed by atoms with Crippen molar-refractivity contribution < 1.29 is 27.4 Å². The molecule has 0 unspecified atom stereocenters. The van der Waals surface area contributed by atoms with Crippen LogP contribution in [0.3, 0.4) is 0 Å². The normalized spacial score (nSPS) is 24.4. The van der Waals surface area contributed by atoms with Crippen LogP contribution in [0.1, 0.15) is 30.4 Å². The molecule has 2 fully saturated rings. The van der Waals surface area contributed by atoms with E-state index in [0.717, 1.165) is 69.9 Å². The number of methoxy groups -OCH3 is 1. The van der Waals surface area contributed by atoms with Gasteiger partial charge in [0.15, 0.2) is 0 Å². The molecule has 2 heterocycles. The van der Waals surface area contributed by atoms with Gasteiger partial charge in [0.25, 0.3) is 0 Å².